The molecule has 0 radical (unpaired) electrons. The highest BCUT2D eigenvalue weighted by molar-refractivity contribution is 6.08. The second-order valence-corrected chi connectivity index (χ2v) is 12.1. The van der Waals surface area contributed by atoms with E-state index < -0.39 is 11.7 Å². The summed E-state index contributed by atoms with van der Waals surface area (Å²) in [5, 5.41) is 23.1. The van der Waals surface area contributed by atoms with Gasteiger partial charge in [0.1, 0.15) is 0 Å². The summed E-state index contributed by atoms with van der Waals surface area (Å²) in [6.07, 6.45) is 12.5. The number of carbonyl (C=O) groups is 1. The molecule has 1 saturated carbocycles. The zero-order valence-electron chi connectivity index (χ0n) is 22.5. The third kappa shape index (κ3) is 5.36. The number of fused-ring (bicyclic) bond motifs is 8. The summed E-state index contributed by atoms with van der Waals surface area (Å²) in [7, 11) is 0. The molecule has 6 rings (SSSR count). The molecule has 2 heterocycles. The minimum Gasteiger partial charge on any atom is -0.461 e. The number of hydrogen-bond acceptors (Lipinski definition) is 5. The summed E-state index contributed by atoms with van der Waals surface area (Å²) in [6.45, 7) is 7.24. The molecule has 4 atom stereocenters. The van der Waals surface area contributed by atoms with Crippen LogP contribution in [0.3, 0.4) is 0 Å². The summed E-state index contributed by atoms with van der Waals surface area (Å²) in [4.78, 5) is 16.2. The van der Waals surface area contributed by atoms with Crippen molar-refractivity contribution < 1.29 is 19.4 Å². The van der Waals surface area contributed by atoms with Crippen LogP contribution in [0.2, 0.25) is 0 Å². The van der Waals surface area contributed by atoms with E-state index >= 15 is 0 Å². The quantitative estimate of drug-likeness (QED) is 0.392. The number of allylic oxidation sites excluding steroid dienone is 2. The van der Waals surface area contributed by atoms with Gasteiger partial charge in [-0.1, -0.05) is 37.1 Å². The first-order valence-electron chi connectivity index (χ1n) is 14.3. The average molecular weight is 506 g/mol. The van der Waals surface area contributed by atoms with Gasteiger partial charge in [0.05, 0.1) is 18.0 Å². The van der Waals surface area contributed by atoms with Gasteiger partial charge in [0.2, 0.25) is 5.78 Å². The van der Waals surface area contributed by atoms with Gasteiger partial charge in [-0.2, -0.15) is 0 Å². The number of ketones is 1. The van der Waals surface area contributed by atoms with Crippen molar-refractivity contribution in [2.45, 2.75) is 95.7 Å². The first-order chi connectivity index (χ1) is 17.8. The van der Waals surface area contributed by atoms with Gasteiger partial charge in [-0.15, -0.1) is 0 Å². The standard InChI is InChI=1S/C32H43NO4/c1-23-8-6-15-31(2)28(14-16-32(31,36)22-33-17-4-3-5-18-33)26-13-11-24(20-25(34)12-10-23)21-27(26)30(35)29-9-7-19-37-29/h7-9,11,13,19,21,25,28,34,36H,3-6,10,12,14-18,20,22H2,1-2H3. The van der Waals surface area contributed by atoms with Crippen LogP contribution in [0.5, 0.6) is 0 Å². The molecule has 2 aromatic rings. The Morgan fingerprint density at radius 1 is 1.14 bits per heavy atom. The third-order valence-electron chi connectivity index (χ3n) is 9.60. The molecule has 0 amide bonds. The normalized spacial score (nSPS) is 31.5. The van der Waals surface area contributed by atoms with Gasteiger partial charge in [0, 0.05) is 17.5 Å². The molecule has 1 aromatic carbocycles. The summed E-state index contributed by atoms with van der Waals surface area (Å²) < 4.78 is 5.53. The number of likely N-dealkylation sites (tertiary alicyclic amines) is 1. The van der Waals surface area contributed by atoms with Crippen LogP contribution in [0.25, 0.3) is 0 Å². The van der Waals surface area contributed by atoms with Crippen molar-refractivity contribution in [3.63, 3.8) is 0 Å². The van der Waals surface area contributed by atoms with E-state index in [4.69, 9.17) is 4.42 Å². The van der Waals surface area contributed by atoms with Crippen molar-refractivity contribution in [3.8, 4) is 0 Å². The van der Waals surface area contributed by atoms with E-state index in [0.29, 0.717) is 30.7 Å². The van der Waals surface area contributed by atoms with Crippen LogP contribution in [-0.2, 0) is 6.42 Å². The first kappa shape index (κ1) is 26.4. The second kappa shape index (κ2) is 10.9. The lowest BCUT2D eigenvalue weighted by molar-refractivity contribution is -0.0857. The first-order valence-corrected chi connectivity index (χ1v) is 14.3. The van der Waals surface area contributed by atoms with Crippen LogP contribution in [0.15, 0.2) is 52.7 Å². The molecule has 2 N–H and O–H groups in total. The van der Waals surface area contributed by atoms with Crippen molar-refractivity contribution in [3.05, 3.63) is 70.7 Å². The Morgan fingerprint density at radius 2 is 1.95 bits per heavy atom. The molecular formula is C32H43NO4. The van der Waals surface area contributed by atoms with Gasteiger partial charge in [-0.25, -0.2) is 0 Å². The molecule has 1 aromatic heterocycles. The highest BCUT2D eigenvalue weighted by Crippen LogP contribution is 2.59. The van der Waals surface area contributed by atoms with Crippen molar-refractivity contribution in [1.82, 2.24) is 4.90 Å². The monoisotopic (exact) mass is 505 g/mol. The van der Waals surface area contributed by atoms with Gasteiger partial charge < -0.3 is 19.5 Å². The molecule has 5 heteroatoms. The van der Waals surface area contributed by atoms with E-state index in [9.17, 15) is 15.0 Å². The van der Waals surface area contributed by atoms with Gasteiger partial charge in [-0.3, -0.25) is 4.79 Å². The maximum absolute atomic E-state index is 13.7. The molecule has 37 heavy (non-hydrogen) atoms. The van der Waals surface area contributed by atoms with Crippen molar-refractivity contribution in [1.29, 1.82) is 0 Å². The molecule has 2 fully saturated rings. The van der Waals surface area contributed by atoms with E-state index in [1.807, 2.05) is 6.07 Å². The van der Waals surface area contributed by atoms with Crippen molar-refractivity contribution in [2.24, 2.45) is 5.41 Å². The minimum atomic E-state index is -0.812. The number of aliphatic hydroxyl groups excluding tert-OH is 1. The van der Waals surface area contributed by atoms with Crippen LogP contribution in [0.1, 0.15) is 105 Å². The number of piperidine rings is 1. The number of benzene rings is 1. The molecule has 4 unspecified atom stereocenters. The maximum atomic E-state index is 13.7. The number of nitrogens with zero attached hydrogens (tertiary/aromatic N) is 1. The fraction of sp³-hybridized carbons (Fsp3) is 0.594. The van der Waals surface area contributed by atoms with Crippen LogP contribution >= 0.6 is 0 Å². The largest absolute Gasteiger partial charge is 0.461 e. The Morgan fingerprint density at radius 3 is 2.70 bits per heavy atom. The summed E-state index contributed by atoms with van der Waals surface area (Å²) in [5.74, 6) is 0.279. The lowest BCUT2D eigenvalue weighted by Crippen LogP contribution is -2.53. The summed E-state index contributed by atoms with van der Waals surface area (Å²) >= 11 is 0. The number of hydrogen-bond donors (Lipinski definition) is 2. The van der Waals surface area contributed by atoms with E-state index in [-0.39, 0.29) is 17.1 Å². The highest BCUT2D eigenvalue weighted by atomic mass is 16.3. The second-order valence-electron chi connectivity index (χ2n) is 12.1. The number of carbonyl (C=O) groups excluding carboxylic acids is 1. The molecule has 2 bridgehead atoms. The van der Waals surface area contributed by atoms with Crippen LogP contribution in [0.4, 0.5) is 0 Å². The Bertz CT molecular complexity index is 1120. The van der Waals surface area contributed by atoms with E-state index in [1.54, 1.807) is 12.1 Å². The fourth-order valence-corrected chi connectivity index (χ4v) is 7.22. The lowest BCUT2D eigenvalue weighted by Gasteiger charge is -2.46. The molecule has 3 aliphatic carbocycles. The molecule has 4 aliphatic rings. The Labute approximate surface area is 221 Å². The van der Waals surface area contributed by atoms with Crippen molar-refractivity contribution in [2.75, 3.05) is 19.6 Å². The van der Waals surface area contributed by atoms with E-state index in [0.717, 1.165) is 56.3 Å². The molecule has 0 spiro atoms. The minimum absolute atomic E-state index is 0.0619. The predicted octanol–water partition coefficient (Wildman–Crippen LogP) is 6.04. The summed E-state index contributed by atoms with van der Waals surface area (Å²) in [5.41, 5.74) is 2.75. The molecule has 200 valence electrons. The van der Waals surface area contributed by atoms with Gasteiger partial charge >= 0.3 is 0 Å². The predicted molar refractivity (Wildman–Crippen MR) is 146 cm³/mol. The van der Waals surface area contributed by atoms with Crippen LogP contribution in [-0.4, -0.2) is 52.2 Å². The zero-order chi connectivity index (χ0) is 26.0. The van der Waals surface area contributed by atoms with E-state index in [1.165, 1.54) is 31.1 Å². The van der Waals surface area contributed by atoms with Gasteiger partial charge in [0.25, 0.3) is 0 Å². The molecule has 5 nitrogen and oxygen atoms in total. The number of rotatable bonds is 4. The zero-order valence-corrected chi connectivity index (χ0v) is 22.5. The Hall–Kier alpha value is -2.21. The average Bonchev–Trinajstić information content (AvgIpc) is 3.50. The molecule has 1 saturated heterocycles. The van der Waals surface area contributed by atoms with Crippen molar-refractivity contribution >= 4 is 5.78 Å². The smallest absolute Gasteiger partial charge is 0.228 e. The van der Waals surface area contributed by atoms with Crippen LogP contribution in [0, 0.1) is 5.41 Å². The fourth-order valence-electron chi connectivity index (χ4n) is 7.22. The third-order valence-corrected chi connectivity index (χ3v) is 9.60. The SMILES string of the molecule is CC1=CCCC2(C)C(CCC2(O)CN2CCCCC2)c2ccc(cc2C(=O)c2ccco2)CC(O)CC1. The Balaban J connectivity index is 1.58. The van der Waals surface area contributed by atoms with Crippen LogP contribution < -0.4 is 0 Å². The number of β-amino-alcohol motifs (C(OH)–C–C–N with tert-alkyl or cyclic N) is 1. The van der Waals surface area contributed by atoms with Gasteiger partial charge in [-0.05, 0) is 113 Å². The highest BCUT2D eigenvalue weighted by Gasteiger charge is 2.57. The summed E-state index contributed by atoms with van der Waals surface area (Å²) in [6, 6.07) is 9.62. The topological polar surface area (TPSA) is 73.9 Å². The number of furan rings is 1. The van der Waals surface area contributed by atoms with E-state index in [2.05, 4.69) is 37.0 Å². The molecule has 1 aliphatic heterocycles. The molecular weight excluding hydrogens is 462 g/mol. The lowest BCUT2D eigenvalue weighted by atomic mass is 9.64. The van der Waals surface area contributed by atoms with Gasteiger partial charge in [0.15, 0.2) is 5.76 Å². The number of aliphatic hydroxyl groups is 2. The maximum Gasteiger partial charge on any atom is 0.228 e. The Kier molecular flexibility index (Phi) is 7.76.